The molecule has 2 aromatic carbocycles. The van der Waals surface area contributed by atoms with Gasteiger partial charge < -0.3 is 16.0 Å². The van der Waals surface area contributed by atoms with E-state index in [-0.39, 0.29) is 11.8 Å². The average molecular weight is 411 g/mol. The summed E-state index contributed by atoms with van der Waals surface area (Å²) in [4.78, 5) is 33.8. The second kappa shape index (κ2) is 8.62. The van der Waals surface area contributed by atoms with Gasteiger partial charge in [0, 0.05) is 42.3 Å². The first-order valence-electron chi connectivity index (χ1n) is 9.75. The lowest BCUT2D eigenvalue weighted by atomic mass is 10.1. The molecule has 4 rings (SSSR count). The van der Waals surface area contributed by atoms with Crippen molar-refractivity contribution in [1.29, 1.82) is 0 Å². The molecule has 0 aliphatic heterocycles. The molecule has 31 heavy (non-hydrogen) atoms. The lowest BCUT2D eigenvalue weighted by Gasteiger charge is -2.15. The van der Waals surface area contributed by atoms with Crippen LogP contribution in [0.2, 0.25) is 0 Å². The number of para-hydroxylation sites is 1. The van der Waals surface area contributed by atoms with Crippen LogP contribution in [-0.4, -0.2) is 28.8 Å². The first-order valence-corrected chi connectivity index (χ1v) is 9.75. The Bertz CT molecular complexity index is 1280. The predicted octanol–water partition coefficient (Wildman–Crippen LogP) is 4.29. The van der Waals surface area contributed by atoms with Gasteiger partial charge in [0.25, 0.3) is 11.8 Å². The molecule has 0 spiro atoms. The summed E-state index contributed by atoms with van der Waals surface area (Å²) in [5.41, 5.74) is 3.10. The van der Waals surface area contributed by atoms with E-state index in [0.717, 1.165) is 22.0 Å². The van der Waals surface area contributed by atoms with Crippen LogP contribution in [-0.2, 0) is 0 Å². The molecule has 0 bridgehead atoms. The Morgan fingerprint density at radius 1 is 0.903 bits per heavy atom. The largest absolute Gasteiger partial charge is 0.355 e. The number of nitrogens with one attached hydrogen (secondary N) is 3. The van der Waals surface area contributed by atoms with E-state index in [1.165, 1.54) is 6.20 Å². The van der Waals surface area contributed by atoms with Gasteiger partial charge in [-0.05, 0) is 42.1 Å². The van der Waals surface area contributed by atoms with Crippen LogP contribution in [0.25, 0.3) is 10.8 Å². The third-order valence-corrected chi connectivity index (χ3v) is 4.95. The van der Waals surface area contributed by atoms with E-state index < -0.39 is 0 Å². The third kappa shape index (κ3) is 4.20. The molecule has 7 nitrogen and oxygen atoms in total. The zero-order valence-corrected chi connectivity index (χ0v) is 17.1. The maximum absolute atomic E-state index is 13.2. The van der Waals surface area contributed by atoms with Gasteiger partial charge in [-0.2, -0.15) is 0 Å². The lowest BCUT2D eigenvalue weighted by Crippen LogP contribution is -2.20. The quantitative estimate of drug-likeness (QED) is 0.455. The molecule has 0 saturated heterocycles. The molecule has 2 heterocycles. The molecular formula is C24H21N5O2. The van der Waals surface area contributed by atoms with Gasteiger partial charge in [-0.3, -0.25) is 14.6 Å². The predicted molar refractivity (Wildman–Crippen MR) is 122 cm³/mol. The van der Waals surface area contributed by atoms with Gasteiger partial charge in [0.05, 0.1) is 11.3 Å². The van der Waals surface area contributed by atoms with Gasteiger partial charge in [-0.25, -0.2) is 4.98 Å². The lowest BCUT2D eigenvalue weighted by molar-refractivity contribution is 0.0961. The van der Waals surface area contributed by atoms with E-state index in [2.05, 4.69) is 25.9 Å². The van der Waals surface area contributed by atoms with Crippen LogP contribution in [0.15, 0.2) is 73.2 Å². The van der Waals surface area contributed by atoms with E-state index in [1.54, 1.807) is 31.6 Å². The highest BCUT2D eigenvalue weighted by Crippen LogP contribution is 2.27. The maximum atomic E-state index is 13.2. The molecule has 3 N–H and O–H groups in total. The Balaban J connectivity index is 1.73. The summed E-state index contributed by atoms with van der Waals surface area (Å²) in [6, 6.07) is 16.7. The van der Waals surface area contributed by atoms with Crippen molar-refractivity contribution in [2.24, 2.45) is 0 Å². The van der Waals surface area contributed by atoms with Crippen molar-refractivity contribution in [3.63, 3.8) is 0 Å². The Morgan fingerprint density at radius 2 is 1.74 bits per heavy atom. The summed E-state index contributed by atoms with van der Waals surface area (Å²) in [5.74, 6) is -0.171. The van der Waals surface area contributed by atoms with Crippen molar-refractivity contribution < 1.29 is 9.59 Å². The fourth-order valence-corrected chi connectivity index (χ4v) is 3.27. The number of carbonyl (C=O) groups is 2. The number of benzene rings is 2. The highest BCUT2D eigenvalue weighted by atomic mass is 16.2. The van der Waals surface area contributed by atoms with Gasteiger partial charge in [0.2, 0.25) is 0 Å². The molecule has 2 aromatic heterocycles. The minimum absolute atomic E-state index is 0.292. The molecule has 0 aliphatic carbocycles. The van der Waals surface area contributed by atoms with Crippen LogP contribution < -0.4 is 16.0 Å². The average Bonchev–Trinajstić information content (AvgIpc) is 2.80. The number of nitrogens with zero attached hydrogens (tertiary/aromatic N) is 2. The zero-order valence-electron chi connectivity index (χ0n) is 17.1. The Hall–Kier alpha value is -4.26. The third-order valence-electron chi connectivity index (χ3n) is 4.95. The maximum Gasteiger partial charge on any atom is 0.256 e. The summed E-state index contributed by atoms with van der Waals surface area (Å²) < 4.78 is 0. The fourth-order valence-electron chi connectivity index (χ4n) is 3.27. The number of hydrogen-bond donors (Lipinski definition) is 3. The molecule has 0 radical (unpaired) electrons. The van der Waals surface area contributed by atoms with Gasteiger partial charge >= 0.3 is 0 Å². The summed E-state index contributed by atoms with van der Waals surface area (Å²) >= 11 is 0. The number of aryl methyl sites for hydroxylation is 1. The van der Waals surface area contributed by atoms with Crippen LogP contribution in [0.4, 0.5) is 17.2 Å². The van der Waals surface area contributed by atoms with Gasteiger partial charge in [0.1, 0.15) is 0 Å². The van der Waals surface area contributed by atoms with Gasteiger partial charge in [-0.15, -0.1) is 0 Å². The Morgan fingerprint density at radius 3 is 2.55 bits per heavy atom. The van der Waals surface area contributed by atoms with Crippen LogP contribution in [0.5, 0.6) is 0 Å². The van der Waals surface area contributed by atoms with Gasteiger partial charge in [0.15, 0.2) is 5.82 Å². The van der Waals surface area contributed by atoms with Crippen LogP contribution in [0.1, 0.15) is 26.3 Å². The second-order valence-electron chi connectivity index (χ2n) is 7.00. The summed E-state index contributed by atoms with van der Waals surface area (Å²) in [7, 11) is 1.54. The number of carbonyl (C=O) groups excluding carboxylic acids is 2. The minimum Gasteiger partial charge on any atom is -0.355 e. The van der Waals surface area contributed by atoms with Crippen LogP contribution >= 0.6 is 0 Å². The molecule has 0 atom stereocenters. The molecule has 4 aromatic rings. The van der Waals surface area contributed by atoms with Gasteiger partial charge in [-0.1, -0.05) is 30.3 Å². The zero-order chi connectivity index (χ0) is 21.8. The standard InChI is InChI=1S/C24H21N5O2/c1-15-6-3-4-9-20(15)28-22-21(12-17(13-27-22)23(30)25-2)29-24(31)18-8-5-7-16-10-11-26-14-19(16)18/h3-14H,1-2H3,(H,25,30)(H,27,28)(H,29,31). The van der Waals surface area contributed by atoms with E-state index in [1.807, 2.05) is 49.4 Å². The normalized spacial score (nSPS) is 10.5. The van der Waals surface area contributed by atoms with Crippen LogP contribution in [0.3, 0.4) is 0 Å². The Kier molecular flexibility index (Phi) is 5.57. The van der Waals surface area contributed by atoms with E-state index >= 15 is 0 Å². The first kappa shape index (κ1) is 20.0. The highest BCUT2D eigenvalue weighted by Gasteiger charge is 2.16. The summed E-state index contributed by atoms with van der Waals surface area (Å²) in [6.07, 6.45) is 4.82. The highest BCUT2D eigenvalue weighted by molar-refractivity contribution is 6.14. The monoisotopic (exact) mass is 411 g/mol. The van der Waals surface area contributed by atoms with Crippen molar-refractivity contribution >= 4 is 39.8 Å². The molecule has 0 saturated carbocycles. The number of pyridine rings is 2. The second-order valence-corrected chi connectivity index (χ2v) is 7.00. The molecule has 0 aliphatic rings. The van der Waals surface area contributed by atoms with E-state index in [9.17, 15) is 9.59 Å². The van der Waals surface area contributed by atoms with Crippen molar-refractivity contribution in [2.75, 3.05) is 17.7 Å². The SMILES string of the molecule is CNC(=O)c1cnc(Nc2ccccc2C)c(NC(=O)c2cccc3ccncc23)c1. The van der Waals surface area contributed by atoms with Crippen LogP contribution in [0, 0.1) is 6.92 Å². The first-order chi connectivity index (χ1) is 15.1. The molecule has 0 fully saturated rings. The number of fused-ring (bicyclic) bond motifs is 1. The van der Waals surface area contributed by atoms with Crippen molar-refractivity contribution in [3.8, 4) is 0 Å². The smallest absolute Gasteiger partial charge is 0.256 e. The van der Waals surface area contributed by atoms with Crippen molar-refractivity contribution in [3.05, 3.63) is 89.9 Å². The summed E-state index contributed by atoms with van der Waals surface area (Å²) in [6.45, 7) is 1.97. The van der Waals surface area contributed by atoms with E-state index in [4.69, 9.17) is 0 Å². The Labute approximate surface area is 179 Å². The number of aromatic nitrogens is 2. The number of hydrogen-bond acceptors (Lipinski definition) is 5. The summed E-state index contributed by atoms with van der Waals surface area (Å²) in [5, 5.41) is 10.4. The topological polar surface area (TPSA) is 96.0 Å². The molecule has 7 heteroatoms. The number of amides is 2. The molecule has 154 valence electrons. The van der Waals surface area contributed by atoms with Crippen molar-refractivity contribution in [1.82, 2.24) is 15.3 Å². The fraction of sp³-hybridized carbons (Fsp3) is 0.0833. The van der Waals surface area contributed by atoms with E-state index in [0.29, 0.717) is 22.6 Å². The number of rotatable bonds is 5. The number of anilines is 3. The molecular weight excluding hydrogens is 390 g/mol. The molecule has 2 amide bonds. The minimum atomic E-state index is -0.317. The van der Waals surface area contributed by atoms with Crippen molar-refractivity contribution in [2.45, 2.75) is 6.92 Å². The molecule has 0 unspecified atom stereocenters.